The second-order valence-corrected chi connectivity index (χ2v) is 8.91. The molecule has 3 N–H and O–H groups in total. The third-order valence-electron chi connectivity index (χ3n) is 5.91. The summed E-state index contributed by atoms with van der Waals surface area (Å²) in [5, 5.41) is 4.16. The fourth-order valence-electron chi connectivity index (χ4n) is 3.90. The molecule has 0 saturated carbocycles. The maximum Gasteiger partial charge on any atom is 0.252 e. The van der Waals surface area contributed by atoms with Gasteiger partial charge >= 0.3 is 0 Å². The first kappa shape index (κ1) is 24.2. The van der Waals surface area contributed by atoms with Crippen LogP contribution in [0, 0.1) is 6.92 Å². The summed E-state index contributed by atoms with van der Waals surface area (Å²) in [6.45, 7) is 5.27. The molecule has 2 heterocycles. The van der Waals surface area contributed by atoms with E-state index in [1.807, 2.05) is 82.5 Å². The number of carbonyl (C=O) groups excluding carboxylic acids is 1. The van der Waals surface area contributed by atoms with E-state index in [4.69, 9.17) is 15.5 Å². The molecule has 4 aromatic rings. The van der Waals surface area contributed by atoms with Gasteiger partial charge < -0.3 is 20.7 Å². The van der Waals surface area contributed by atoms with Crippen molar-refractivity contribution in [1.29, 1.82) is 0 Å². The van der Waals surface area contributed by atoms with Gasteiger partial charge in [-0.3, -0.25) is 4.79 Å². The minimum absolute atomic E-state index is 0.148. The highest BCUT2D eigenvalue weighted by Gasteiger charge is 2.18. The second-order valence-electron chi connectivity index (χ2n) is 8.91. The maximum absolute atomic E-state index is 13.3. The summed E-state index contributed by atoms with van der Waals surface area (Å²) in [6, 6.07) is 19.0. The first-order valence-corrected chi connectivity index (χ1v) is 11.6. The van der Waals surface area contributed by atoms with Crippen molar-refractivity contribution >= 4 is 22.6 Å². The number of rotatable bonds is 8. The summed E-state index contributed by atoms with van der Waals surface area (Å²) >= 11 is 0. The molecule has 0 saturated heterocycles. The van der Waals surface area contributed by atoms with Gasteiger partial charge in [0.15, 0.2) is 0 Å². The van der Waals surface area contributed by atoms with E-state index < -0.39 is 0 Å². The number of anilines is 1. The molecule has 1 unspecified atom stereocenters. The van der Waals surface area contributed by atoms with Crippen molar-refractivity contribution in [2.24, 2.45) is 0 Å². The molecule has 2 aromatic carbocycles. The Bertz CT molecular complexity index is 1340. The minimum atomic E-state index is -0.256. The lowest BCUT2D eigenvalue weighted by molar-refractivity contribution is 0.0939. The van der Waals surface area contributed by atoms with Gasteiger partial charge in [0.25, 0.3) is 5.91 Å². The lowest BCUT2D eigenvalue weighted by Crippen LogP contribution is -2.27. The second kappa shape index (κ2) is 10.5. The van der Waals surface area contributed by atoms with Crippen molar-refractivity contribution in [3.63, 3.8) is 0 Å². The van der Waals surface area contributed by atoms with Gasteiger partial charge in [-0.1, -0.05) is 24.3 Å². The van der Waals surface area contributed by atoms with Crippen LogP contribution in [0.3, 0.4) is 0 Å². The highest BCUT2D eigenvalue weighted by molar-refractivity contribution is 5.96. The SMILES string of the molecule is Cc1ccc(OCCN(C)C)cc1C(=O)NC(C)c1cc(-c2ccc(N)nc2)nc2ccccc12. The monoisotopic (exact) mass is 469 g/mol. The third-order valence-corrected chi connectivity index (χ3v) is 5.91. The first-order chi connectivity index (χ1) is 16.8. The lowest BCUT2D eigenvalue weighted by atomic mass is 9.99. The Hall–Kier alpha value is -3.97. The summed E-state index contributed by atoms with van der Waals surface area (Å²) in [4.78, 5) is 24.4. The summed E-state index contributed by atoms with van der Waals surface area (Å²) in [6.07, 6.45) is 1.71. The number of carbonyl (C=O) groups is 1. The zero-order valence-electron chi connectivity index (χ0n) is 20.6. The average molecular weight is 470 g/mol. The van der Waals surface area contributed by atoms with E-state index in [1.54, 1.807) is 12.3 Å². The van der Waals surface area contributed by atoms with E-state index in [-0.39, 0.29) is 11.9 Å². The molecule has 35 heavy (non-hydrogen) atoms. The van der Waals surface area contributed by atoms with Crippen LogP contribution in [0.5, 0.6) is 5.75 Å². The Balaban J connectivity index is 1.61. The Labute approximate surface area is 206 Å². The molecule has 0 fully saturated rings. The molecule has 180 valence electrons. The molecule has 0 radical (unpaired) electrons. The van der Waals surface area contributed by atoms with Crippen LogP contribution in [0.1, 0.15) is 34.5 Å². The number of pyridine rings is 2. The van der Waals surface area contributed by atoms with Crippen molar-refractivity contribution < 1.29 is 9.53 Å². The molecular weight excluding hydrogens is 438 g/mol. The van der Waals surface area contributed by atoms with Gasteiger partial charge in [0.1, 0.15) is 18.2 Å². The number of amides is 1. The van der Waals surface area contributed by atoms with E-state index in [2.05, 4.69) is 15.2 Å². The van der Waals surface area contributed by atoms with Crippen LogP contribution in [-0.4, -0.2) is 48.0 Å². The standard InChI is InChI=1S/C28H31N5O2/c1-18-9-11-21(35-14-13-33(3)4)15-23(18)28(34)31-19(2)24-16-26(20-10-12-27(29)30-17-20)32-25-8-6-5-7-22(24)25/h5-12,15-17,19H,13-14H2,1-4H3,(H2,29,30)(H,31,34). The van der Waals surface area contributed by atoms with Crippen LogP contribution in [0.15, 0.2) is 66.9 Å². The van der Waals surface area contributed by atoms with Crippen molar-refractivity contribution in [3.05, 3.63) is 83.6 Å². The van der Waals surface area contributed by atoms with Gasteiger partial charge in [-0.25, -0.2) is 9.97 Å². The first-order valence-electron chi connectivity index (χ1n) is 11.6. The summed E-state index contributed by atoms with van der Waals surface area (Å²) in [5.41, 5.74) is 10.7. The van der Waals surface area contributed by atoms with E-state index in [0.717, 1.165) is 39.8 Å². The highest BCUT2D eigenvalue weighted by atomic mass is 16.5. The molecule has 0 aliphatic heterocycles. The van der Waals surface area contributed by atoms with Gasteiger partial charge in [-0.15, -0.1) is 0 Å². The Morgan fingerprint density at radius 3 is 2.66 bits per heavy atom. The van der Waals surface area contributed by atoms with Gasteiger partial charge in [0, 0.05) is 29.3 Å². The number of aryl methyl sites for hydroxylation is 1. The number of nitrogen functional groups attached to an aromatic ring is 1. The smallest absolute Gasteiger partial charge is 0.252 e. The van der Waals surface area contributed by atoms with Crippen molar-refractivity contribution in [1.82, 2.24) is 20.2 Å². The molecule has 1 amide bonds. The Morgan fingerprint density at radius 2 is 1.91 bits per heavy atom. The fourth-order valence-corrected chi connectivity index (χ4v) is 3.90. The summed E-state index contributed by atoms with van der Waals surface area (Å²) in [7, 11) is 3.99. The maximum atomic E-state index is 13.3. The number of para-hydroxylation sites is 1. The fraction of sp³-hybridized carbons (Fsp3) is 0.250. The third kappa shape index (κ3) is 5.75. The van der Waals surface area contributed by atoms with Crippen LogP contribution in [-0.2, 0) is 0 Å². The molecule has 2 aromatic heterocycles. The average Bonchev–Trinajstić information content (AvgIpc) is 2.84. The summed E-state index contributed by atoms with van der Waals surface area (Å²) in [5.74, 6) is 0.992. The highest BCUT2D eigenvalue weighted by Crippen LogP contribution is 2.29. The number of nitrogens with one attached hydrogen (secondary N) is 1. The predicted octanol–water partition coefficient (Wildman–Crippen LogP) is 4.62. The van der Waals surface area contributed by atoms with E-state index in [0.29, 0.717) is 23.7 Å². The Kier molecular flexibility index (Phi) is 7.27. The molecule has 0 aliphatic rings. The van der Waals surface area contributed by atoms with Crippen molar-refractivity contribution in [2.45, 2.75) is 19.9 Å². The minimum Gasteiger partial charge on any atom is -0.492 e. The molecule has 7 heteroatoms. The Morgan fingerprint density at radius 1 is 1.11 bits per heavy atom. The van der Waals surface area contributed by atoms with Gasteiger partial charge in [0.05, 0.1) is 17.3 Å². The van der Waals surface area contributed by atoms with E-state index >= 15 is 0 Å². The number of aromatic nitrogens is 2. The van der Waals surface area contributed by atoms with Crippen LogP contribution in [0.25, 0.3) is 22.2 Å². The van der Waals surface area contributed by atoms with Crippen LogP contribution < -0.4 is 15.8 Å². The largest absolute Gasteiger partial charge is 0.492 e. The zero-order chi connectivity index (χ0) is 24.9. The normalized spacial score (nSPS) is 12.0. The van der Waals surface area contributed by atoms with Gasteiger partial charge in [0.2, 0.25) is 0 Å². The molecule has 1 atom stereocenters. The number of nitrogens with zero attached hydrogens (tertiary/aromatic N) is 3. The number of likely N-dealkylation sites (N-methyl/N-ethyl adjacent to an activating group) is 1. The molecule has 7 nitrogen and oxygen atoms in total. The van der Waals surface area contributed by atoms with Crippen LogP contribution in [0.4, 0.5) is 5.82 Å². The number of fused-ring (bicyclic) bond motifs is 1. The number of benzene rings is 2. The van der Waals surface area contributed by atoms with Crippen LogP contribution in [0.2, 0.25) is 0 Å². The molecule has 0 aliphatic carbocycles. The number of ether oxygens (including phenoxy) is 1. The van der Waals surface area contributed by atoms with Crippen molar-refractivity contribution in [2.75, 3.05) is 33.0 Å². The number of hydrogen-bond donors (Lipinski definition) is 2. The zero-order valence-corrected chi connectivity index (χ0v) is 20.6. The molecule has 4 rings (SSSR count). The molecule has 0 spiro atoms. The topological polar surface area (TPSA) is 93.4 Å². The van der Waals surface area contributed by atoms with Crippen LogP contribution >= 0.6 is 0 Å². The van der Waals surface area contributed by atoms with E-state index in [1.165, 1.54) is 0 Å². The molecule has 0 bridgehead atoms. The van der Waals surface area contributed by atoms with Gasteiger partial charge in [-0.2, -0.15) is 0 Å². The van der Waals surface area contributed by atoms with Gasteiger partial charge in [-0.05, 0) is 75.5 Å². The molecular formula is C28H31N5O2. The summed E-state index contributed by atoms with van der Waals surface area (Å²) < 4.78 is 5.84. The predicted molar refractivity (Wildman–Crippen MR) is 140 cm³/mol. The quantitative estimate of drug-likeness (QED) is 0.391. The number of nitrogens with two attached hydrogens (primary N) is 1. The van der Waals surface area contributed by atoms with E-state index in [9.17, 15) is 4.79 Å². The van der Waals surface area contributed by atoms with Crippen molar-refractivity contribution in [3.8, 4) is 17.0 Å². The lowest BCUT2D eigenvalue weighted by Gasteiger charge is -2.19. The number of hydrogen-bond acceptors (Lipinski definition) is 6.